The lowest BCUT2D eigenvalue weighted by atomic mass is 10.1. The van der Waals surface area contributed by atoms with Gasteiger partial charge in [-0.15, -0.1) is 0 Å². The second-order valence-corrected chi connectivity index (χ2v) is 6.64. The number of anilines is 1. The molecule has 0 aromatic heterocycles. The van der Waals surface area contributed by atoms with Gasteiger partial charge in [-0.2, -0.15) is 0 Å². The van der Waals surface area contributed by atoms with Gasteiger partial charge in [-0.1, -0.05) is 25.1 Å². The molecule has 1 N–H and O–H groups in total. The summed E-state index contributed by atoms with van der Waals surface area (Å²) in [6.07, 6.45) is 2.38. The molecule has 1 fully saturated rings. The maximum Gasteiger partial charge on any atom is 0.335 e. The van der Waals surface area contributed by atoms with Gasteiger partial charge in [-0.05, 0) is 67.3 Å². The molecule has 1 heterocycles. The Kier molecular flexibility index (Phi) is 5.59. The fourth-order valence-corrected chi connectivity index (χ4v) is 2.80. The number of nitrogens with one attached hydrogen (secondary N) is 1. The zero-order valence-electron chi connectivity index (χ0n) is 16.1. The van der Waals surface area contributed by atoms with E-state index in [4.69, 9.17) is 4.74 Å². The predicted octanol–water partition coefficient (Wildman–Crippen LogP) is 3.76. The lowest BCUT2D eigenvalue weighted by Gasteiger charge is -2.26. The van der Waals surface area contributed by atoms with E-state index in [2.05, 4.69) is 5.32 Å². The Labute approximate surface area is 163 Å². The Hall–Kier alpha value is -3.41. The van der Waals surface area contributed by atoms with Crippen molar-refractivity contribution in [3.63, 3.8) is 0 Å². The number of hydrogen-bond donors (Lipinski definition) is 1. The number of rotatable bonds is 5. The molecule has 1 aliphatic heterocycles. The highest BCUT2D eigenvalue weighted by atomic mass is 16.5. The third kappa shape index (κ3) is 3.96. The number of aryl methyl sites for hydroxylation is 2. The first-order valence-corrected chi connectivity index (χ1v) is 9.12. The van der Waals surface area contributed by atoms with Crippen LogP contribution in [0.5, 0.6) is 5.75 Å². The molecule has 2 aromatic rings. The van der Waals surface area contributed by atoms with Crippen molar-refractivity contribution in [1.82, 2.24) is 5.32 Å². The number of benzene rings is 2. The van der Waals surface area contributed by atoms with E-state index in [1.807, 2.05) is 26.8 Å². The number of urea groups is 1. The Morgan fingerprint density at radius 1 is 1.00 bits per heavy atom. The predicted molar refractivity (Wildman–Crippen MR) is 107 cm³/mol. The molecule has 0 saturated carbocycles. The molecule has 0 aliphatic carbocycles. The van der Waals surface area contributed by atoms with Crippen molar-refractivity contribution in [2.45, 2.75) is 27.2 Å². The van der Waals surface area contributed by atoms with Crippen LogP contribution in [0.15, 0.2) is 48.0 Å². The maximum atomic E-state index is 12.9. The Bertz CT molecular complexity index is 961. The summed E-state index contributed by atoms with van der Waals surface area (Å²) in [5.74, 6) is -0.639. The van der Waals surface area contributed by atoms with Gasteiger partial charge in [0, 0.05) is 0 Å². The molecule has 6 heteroatoms. The van der Waals surface area contributed by atoms with Crippen molar-refractivity contribution in [2.24, 2.45) is 0 Å². The maximum absolute atomic E-state index is 12.9. The van der Waals surface area contributed by atoms with Crippen molar-refractivity contribution in [1.29, 1.82) is 0 Å². The van der Waals surface area contributed by atoms with Crippen LogP contribution in [0.4, 0.5) is 10.5 Å². The molecule has 0 atom stereocenters. The number of amides is 4. The summed E-state index contributed by atoms with van der Waals surface area (Å²) < 4.78 is 5.53. The molecule has 6 nitrogen and oxygen atoms in total. The van der Waals surface area contributed by atoms with Crippen molar-refractivity contribution in [3.8, 4) is 5.75 Å². The number of imide groups is 2. The fourth-order valence-electron chi connectivity index (χ4n) is 2.80. The molecule has 144 valence electrons. The highest BCUT2D eigenvalue weighted by molar-refractivity contribution is 6.39. The summed E-state index contributed by atoms with van der Waals surface area (Å²) in [7, 11) is 0. The molecule has 0 spiro atoms. The van der Waals surface area contributed by atoms with Gasteiger partial charge >= 0.3 is 6.03 Å². The minimum absolute atomic E-state index is 0.0972. The molecular weight excluding hydrogens is 356 g/mol. The molecular formula is C22H22N2O4. The quantitative estimate of drug-likeness (QED) is 0.635. The number of nitrogens with zero attached hydrogens (tertiary/aromatic N) is 1. The largest absolute Gasteiger partial charge is 0.494 e. The first kappa shape index (κ1) is 19.4. The van der Waals surface area contributed by atoms with Crippen LogP contribution in [0, 0.1) is 13.8 Å². The molecule has 0 radical (unpaired) electrons. The third-order valence-corrected chi connectivity index (χ3v) is 4.51. The van der Waals surface area contributed by atoms with Crippen molar-refractivity contribution < 1.29 is 19.1 Å². The molecule has 0 bridgehead atoms. The van der Waals surface area contributed by atoms with Gasteiger partial charge in [0.1, 0.15) is 11.3 Å². The standard InChI is InChI=1S/C22H22N2O4/c1-4-11-28-18-9-6-16(7-10-18)13-19-20(25)23-22(27)24(21(19)26)17-8-5-14(2)15(3)12-17/h5-10,12-13H,4,11H2,1-3H3,(H,23,25,27)/b19-13+. The minimum Gasteiger partial charge on any atom is -0.494 e. The van der Waals surface area contributed by atoms with Crippen LogP contribution >= 0.6 is 0 Å². The zero-order chi connectivity index (χ0) is 20.3. The van der Waals surface area contributed by atoms with Gasteiger partial charge in [0.05, 0.1) is 12.3 Å². The van der Waals surface area contributed by atoms with E-state index in [1.54, 1.807) is 36.4 Å². The highest BCUT2D eigenvalue weighted by Crippen LogP contribution is 2.24. The fraction of sp³-hybridized carbons (Fsp3) is 0.227. The topological polar surface area (TPSA) is 75.7 Å². The van der Waals surface area contributed by atoms with Crippen LogP contribution in [-0.4, -0.2) is 24.5 Å². The average molecular weight is 378 g/mol. The monoisotopic (exact) mass is 378 g/mol. The van der Waals surface area contributed by atoms with E-state index in [0.717, 1.165) is 28.2 Å². The number of carbonyl (C=O) groups excluding carboxylic acids is 3. The van der Waals surface area contributed by atoms with Crippen LogP contribution in [0.1, 0.15) is 30.0 Å². The smallest absolute Gasteiger partial charge is 0.335 e. The minimum atomic E-state index is -0.751. The van der Waals surface area contributed by atoms with E-state index < -0.39 is 17.8 Å². The first-order valence-electron chi connectivity index (χ1n) is 9.12. The molecule has 28 heavy (non-hydrogen) atoms. The summed E-state index contributed by atoms with van der Waals surface area (Å²) in [5, 5.41) is 2.24. The summed E-state index contributed by atoms with van der Waals surface area (Å²) in [6.45, 7) is 6.48. The van der Waals surface area contributed by atoms with Crippen LogP contribution in [-0.2, 0) is 9.59 Å². The van der Waals surface area contributed by atoms with Crippen LogP contribution in [0.2, 0.25) is 0 Å². The van der Waals surface area contributed by atoms with Crippen LogP contribution in [0.3, 0.4) is 0 Å². The van der Waals surface area contributed by atoms with Crippen molar-refractivity contribution >= 4 is 29.6 Å². The van der Waals surface area contributed by atoms with Crippen molar-refractivity contribution in [2.75, 3.05) is 11.5 Å². The van der Waals surface area contributed by atoms with Gasteiger partial charge in [-0.25, -0.2) is 9.69 Å². The van der Waals surface area contributed by atoms with Gasteiger partial charge < -0.3 is 4.74 Å². The van der Waals surface area contributed by atoms with Crippen LogP contribution in [0.25, 0.3) is 6.08 Å². The Balaban J connectivity index is 1.91. The summed E-state index contributed by atoms with van der Waals surface area (Å²) >= 11 is 0. The first-order chi connectivity index (χ1) is 13.4. The normalized spacial score (nSPS) is 15.8. The van der Waals surface area contributed by atoms with Gasteiger partial charge in [0.25, 0.3) is 11.8 Å². The third-order valence-electron chi connectivity index (χ3n) is 4.51. The number of hydrogen-bond acceptors (Lipinski definition) is 4. The average Bonchev–Trinajstić information content (AvgIpc) is 2.67. The number of barbiturate groups is 1. The molecule has 4 amide bonds. The number of ether oxygens (including phenoxy) is 1. The highest BCUT2D eigenvalue weighted by Gasteiger charge is 2.36. The lowest BCUT2D eigenvalue weighted by Crippen LogP contribution is -2.54. The summed E-state index contributed by atoms with van der Waals surface area (Å²) in [4.78, 5) is 38.4. The van der Waals surface area contributed by atoms with E-state index >= 15 is 0 Å². The second kappa shape index (κ2) is 8.08. The van der Waals surface area contributed by atoms with Gasteiger partial charge in [0.2, 0.25) is 0 Å². The number of carbonyl (C=O) groups is 3. The van der Waals surface area contributed by atoms with Crippen molar-refractivity contribution in [3.05, 3.63) is 64.7 Å². The van der Waals surface area contributed by atoms with E-state index in [9.17, 15) is 14.4 Å². The van der Waals surface area contributed by atoms with Gasteiger partial charge in [-0.3, -0.25) is 14.9 Å². The zero-order valence-corrected chi connectivity index (χ0v) is 16.1. The van der Waals surface area contributed by atoms with E-state index in [1.165, 1.54) is 6.08 Å². The summed E-state index contributed by atoms with van der Waals surface area (Å²) in [5.41, 5.74) is 2.98. The summed E-state index contributed by atoms with van der Waals surface area (Å²) in [6, 6.07) is 11.6. The second-order valence-electron chi connectivity index (χ2n) is 6.64. The van der Waals surface area contributed by atoms with E-state index in [-0.39, 0.29) is 5.57 Å². The van der Waals surface area contributed by atoms with Gasteiger partial charge in [0.15, 0.2) is 0 Å². The molecule has 1 saturated heterocycles. The van der Waals surface area contributed by atoms with Crippen LogP contribution < -0.4 is 15.0 Å². The lowest BCUT2D eigenvalue weighted by molar-refractivity contribution is -0.122. The molecule has 1 aliphatic rings. The Morgan fingerprint density at radius 2 is 1.71 bits per heavy atom. The molecule has 2 aromatic carbocycles. The van der Waals surface area contributed by atoms with E-state index in [0.29, 0.717) is 17.9 Å². The molecule has 0 unspecified atom stereocenters. The molecule has 3 rings (SSSR count). The Morgan fingerprint density at radius 3 is 2.36 bits per heavy atom. The SMILES string of the molecule is CCCOc1ccc(/C=C2\C(=O)NC(=O)N(c3ccc(C)c(C)c3)C2=O)cc1.